The fourth-order valence-electron chi connectivity index (χ4n) is 7.35. The Morgan fingerprint density at radius 3 is 2.35 bits per heavy atom. The van der Waals surface area contributed by atoms with Crippen molar-refractivity contribution >= 4 is 29.3 Å². The highest BCUT2D eigenvalue weighted by Gasteiger charge is 2.54. The van der Waals surface area contributed by atoms with Gasteiger partial charge in [0, 0.05) is 29.8 Å². The molecule has 1 atom stereocenters. The van der Waals surface area contributed by atoms with Crippen LogP contribution in [0.25, 0.3) is 0 Å². The van der Waals surface area contributed by atoms with E-state index in [4.69, 9.17) is 0 Å². The summed E-state index contributed by atoms with van der Waals surface area (Å²) in [4.78, 5) is 51.9. The fourth-order valence-corrected chi connectivity index (χ4v) is 7.35. The molecule has 2 heterocycles. The van der Waals surface area contributed by atoms with Gasteiger partial charge in [0.1, 0.15) is 6.04 Å². The molecule has 31 heavy (non-hydrogen) atoms. The van der Waals surface area contributed by atoms with E-state index in [2.05, 4.69) is 10.6 Å². The average Bonchev–Trinajstić information content (AvgIpc) is 3.04. The average molecular weight is 421 g/mol. The molecule has 7 heteroatoms. The first-order valence-electron chi connectivity index (χ1n) is 11.5. The first kappa shape index (κ1) is 19.0. The molecule has 1 aromatic rings. The van der Waals surface area contributed by atoms with E-state index in [1.165, 1.54) is 24.2 Å². The molecule has 1 unspecified atom stereocenters. The number of hydrogen-bond donors (Lipinski definition) is 2. The van der Waals surface area contributed by atoms with Crippen molar-refractivity contribution in [1.29, 1.82) is 0 Å². The molecule has 4 bridgehead atoms. The van der Waals surface area contributed by atoms with Crippen LogP contribution in [0.15, 0.2) is 18.2 Å². The van der Waals surface area contributed by atoms with Gasteiger partial charge in [-0.1, -0.05) is 6.07 Å². The van der Waals surface area contributed by atoms with E-state index in [1.54, 1.807) is 12.1 Å². The summed E-state index contributed by atoms with van der Waals surface area (Å²) in [5, 5.41) is 5.52. The summed E-state index contributed by atoms with van der Waals surface area (Å²) < 4.78 is 0. The second kappa shape index (κ2) is 6.65. The molecule has 4 amide bonds. The quantitative estimate of drug-likeness (QED) is 0.734. The van der Waals surface area contributed by atoms with Gasteiger partial charge in [0.25, 0.3) is 5.91 Å². The lowest BCUT2D eigenvalue weighted by Crippen LogP contribution is -2.52. The highest BCUT2D eigenvalue weighted by atomic mass is 16.2. The van der Waals surface area contributed by atoms with E-state index < -0.39 is 11.9 Å². The monoisotopic (exact) mass is 421 g/mol. The first-order chi connectivity index (χ1) is 14.9. The zero-order chi connectivity index (χ0) is 21.3. The van der Waals surface area contributed by atoms with Gasteiger partial charge >= 0.3 is 0 Å². The third kappa shape index (κ3) is 2.92. The number of nitrogens with zero attached hydrogens (tertiary/aromatic N) is 1. The van der Waals surface area contributed by atoms with Gasteiger partial charge in [0.2, 0.25) is 17.7 Å². The molecule has 4 aliphatic carbocycles. The van der Waals surface area contributed by atoms with E-state index >= 15 is 0 Å². The maximum atomic E-state index is 13.5. The molecule has 5 fully saturated rings. The SMILES string of the molecule is O=C1CCC(N2Cc3c(NC(=O)C45CC6CC(CC(C6)C4)C5)cccc3C2=O)C(=O)N1. The number of benzene rings is 1. The summed E-state index contributed by atoms with van der Waals surface area (Å²) in [6, 6.07) is 4.76. The van der Waals surface area contributed by atoms with Crippen LogP contribution in [0.2, 0.25) is 0 Å². The Morgan fingerprint density at radius 2 is 1.71 bits per heavy atom. The smallest absolute Gasteiger partial charge is 0.255 e. The minimum Gasteiger partial charge on any atom is -0.325 e. The Hall–Kier alpha value is -2.70. The standard InChI is InChI=1S/C24H27N3O4/c28-20-5-4-19(21(29)26-20)27-12-17-16(22(27)30)2-1-3-18(17)25-23(31)24-9-13-6-14(10-24)8-15(7-13)11-24/h1-3,13-15,19H,4-12H2,(H,25,31)(H,26,28,29). The van der Waals surface area contributed by atoms with Gasteiger partial charge in [0.15, 0.2) is 0 Å². The highest BCUT2D eigenvalue weighted by molar-refractivity contribution is 6.07. The number of imide groups is 1. The second-order valence-corrected chi connectivity index (χ2v) is 10.4. The maximum Gasteiger partial charge on any atom is 0.255 e. The molecule has 0 aromatic heterocycles. The van der Waals surface area contributed by atoms with Crippen molar-refractivity contribution in [3.05, 3.63) is 29.3 Å². The van der Waals surface area contributed by atoms with Crippen molar-refractivity contribution in [3.8, 4) is 0 Å². The summed E-state index contributed by atoms with van der Waals surface area (Å²) in [7, 11) is 0. The van der Waals surface area contributed by atoms with Crippen molar-refractivity contribution < 1.29 is 19.2 Å². The van der Waals surface area contributed by atoms with Crippen molar-refractivity contribution in [2.75, 3.05) is 5.32 Å². The van der Waals surface area contributed by atoms with Crippen molar-refractivity contribution in [2.45, 2.75) is 64.0 Å². The molecule has 2 aliphatic heterocycles. The molecular weight excluding hydrogens is 394 g/mol. The van der Waals surface area contributed by atoms with Crippen LogP contribution in [0.4, 0.5) is 5.69 Å². The Kier molecular flexibility index (Phi) is 4.08. The van der Waals surface area contributed by atoms with E-state index in [0.717, 1.165) is 24.8 Å². The second-order valence-electron chi connectivity index (χ2n) is 10.4. The Labute approximate surface area is 180 Å². The minimum atomic E-state index is -0.649. The molecule has 162 valence electrons. The fraction of sp³-hybridized carbons (Fsp3) is 0.583. The summed E-state index contributed by atoms with van der Waals surface area (Å²) in [6.45, 7) is 0.276. The zero-order valence-electron chi connectivity index (χ0n) is 17.5. The van der Waals surface area contributed by atoms with Crippen LogP contribution in [-0.2, 0) is 20.9 Å². The number of fused-ring (bicyclic) bond motifs is 1. The van der Waals surface area contributed by atoms with E-state index in [1.807, 2.05) is 6.07 Å². The molecule has 7 rings (SSSR count). The van der Waals surface area contributed by atoms with Gasteiger partial charge in [0.05, 0.1) is 5.41 Å². The number of carbonyl (C=O) groups excluding carboxylic acids is 4. The van der Waals surface area contributed by atoms with Gasteiger partial charge in [-0.05, 0) is 74.8 Å². The van der Waals surface area contributed by atoms with Gasteiger partial charge in [-0.15, -0.1) is 0 Å². The normalized spacial score (nSPS) is 35.9. The highest BCUT2D eigenvalue weighted by Crippen LogP contribution is 2.60. The van der Waals surface area contributed by atoms with Crippen molar-refractivity contribution in [1.82, 2.24) is 10.2 Å². The lowest BCUT2D eigenvalue weighted by molar-refractivity contribution is -0.140. The Bertz CT molecular complexity index is 981. The van der Waals surface area contributed by atoms with Crippen LogP contribution in [0, 0.1) is 23.2 Å². The van der Waals surface area contributed by atoms with E-state index in [-0.39, 0.29) is 36.1 Å². The molecule has 1 saturated heterocycles. The molecular formula is C24H27N3O4. The first-order valence-corrected chi connectivity index (χ1v) is 11.5. The predicted octanol–water partition coefficient (Wildman–Crippen LogP) is 2.60. The Balaban J connectivity index is 1.24. The number of rotatable bonds is 3. The number of nitrogens with one attached hydrogen (secondary N) is 2. The van der Waals surface area contributed by atoms with Crippen LogP contribution in [0.5, 0.6) is 0 Å². The van der Waals surface area contributed by atoms with Crippen LogP contribution < -0.4 is 10.6 Å². The molecule has 4 saturated carbocycles. The third-order valence-corrected chi connectivity index (χ3v) is 8.35. The van der Waals surface area contributed by atoms with Crippen LogP contribution >= 0.6 is 0 Å². The summed E-state index contributed by atoms with van der Waals surface area (Å²) in [5.74, 6) is 1.22. The summed E-state index contributed by atoms with van der Waals surface area (Å²) in [6.07, 6.45) is 7.36. The number of carbonyl (C=O) groups is 4. The minimum absolute atomic E-state index is 0.104. The number of amides is 4. The zero-order valence-corrected chi connectivity index (χ0v) is 17.5. The molecule has 6 aliphatic rings. The molecule has 2 N–H and O–H groups in total. The number of anilines is 1. The third-order valence-electron chi connectivity index (χ3n) is 8.35. The summed E-state index contributed by atoms with van der Waals surface area (Å²) in [5.41, 5.74) is 1.73. The van der Waals surface area contributed by atoms with Gasteiger partial charge in [-0.3, -0.25) is 24.5 Å². The molecule has 1 aromatic carbocycles. The molecule has 0 radical (unpaired) electrons. The van der Waals surface area contributed by atoms with Gasteiger partial charge < -0.3 is 10.2 Å². The van der Waals surface area contributed by atoms with Gasteiger partial charge in [-0.2, -0.15) is 0 Å². The predicted molar refractivity (Wildman–Crippen MR) is 112 cm³/mol. The van der Waals surface area contributed by atoms with Crippen molar-refractivity contribution in [2.24, 2.45) is 23.2 Å². The van der Waals surface area contributed by atoms with Crippen LogP contribution in [0.1, 0.15) is 67.3 Å². The summed E-state index contributed by atoms with van der Waals surface area (Å²) >= 11 is 0. The number of hydrogen-bond acceptors (Lipinski definition) is 4. The maximum absolute atomic E-state index is 13.5. The van der Waals surface area contributed by atoms with Crippen LogP contribution in [-0.4, -0.2) is 34.6 Å². The lowest BCUT2D eigenvalue weighted by atomic mass is 9.49. The molecule has 0 spiro atoms. The van der Waals surface area contributed by atoms with Crippen molar-refractivity contribution in [3.63, 3.8) is 0 Å². The lowest BCUT2D eigenvalue weighted by Gasteiger charge is -2.55. The largest absolute Gasteiger partial charge is 0.325 e. The molecule has 7 nitrogen and oxygen atoms in total. The van der Waals surface area contributed by atoms with Crippen LogP contribution in [0.3, 0.4) is 0 Å². The van der Waals surface area contributed by atoms with E-state index in [9.17, 15) is 19.2 Å². The van der Waals surface area contributed by atoms with Gasteiger partial charge in [-0.25, -0.2) is 0 Å². The van der Waals surface area contributed by atoms with E-state index in [0.29, 0.717) is 35.4 Å². The number of piperidine rings is 1. The topological polar surface area (TPSA) is 95.6 Å². The Morgan fingerprint density at radius 1 is 1.03 bits per heavy atom.